The predicted molar refractivity (Wildman–Crippen MR) is 142 cm³/mol. The Morgan fingerprint density at radius 2 is 1.89 bits per heavy atom. The Hall–Kier alpha value is -1.58. The van der Waals surface area contributed by atoms with Crippen LogP contribution in [0.3, 0.4) is 0 Å². The van der Waals surface area contributed by atoms with Crippen molar-refractivity contribution in [2.45, 2.75) is 77.0 Å². The fraction of sp³-hybridized carbons (Fsp3) is 0.704. The van der Waals surface area contributed by atoms with Crippen molar-refractivity contribution in [2.24, 2.45) is 22.7 Å². The third kappa shape index (κ3) is 5.46. The molecule has 4 rings (SSSR count). The number of nitrogens with one attached hydrogen (secondary N) is 1. The van der Waals surface area contributed by atoms with Crippen LogP contribution in [0.15, 0.2) is 18.2 Å². The maximum Gasteiger partial charge on any atom is 0.411 e. The molecular formula is C27H38Cl2N2O6. The molecule has 4 N–H and O–H groups in total. The number of likely N-dealkylation sites (tertiary alicyclic amines) is 1. The normalized spacial score (nSPS) is 35.6. The van der Waals surface area contributed by atoms with E-state index in [-0.39, 0.29) is 43.4 Å². The van der Waals surface area contributed by atoms with E-state index in [1.54, 1.807) is 23.1 Å². The van der Waals surface area contributed by atoms with Gasteiger partial charge in [0.1, 0.15) is 6.10 Å². The number of aliphatic hydroxyl groups excluding tert-OH is 3. The summed E-state index contributed by atoms with van der Waals surface area (Å²) >= 11 is 12.0. The van der Waals surface area contributed by atoms with Gasteiger partial charge in [-0.1, -0.05) is 37.0 Å². The molecule has 1 aromatic carbocycles. The van der Waals surface area contributed by atoms with Crippen molar-refractivity contribution < 1.29 is 29.6 Å². The second-order valence-corrected chi connectivity index (χ2v) is 12.2. The van der Waals surface area contributed by atoms with Crippen LogP contribution in [-0.4, -0.2) is 70.2 Å². The summed E-state index contributed by atoms with van der Waals surface area (Å²) in [4.78, 5) is 27.8. The maximum atomic E-state index is 13.3. The summed E-state index contributed by atoms with van der Waals surface area (Å²) in [5, 5.41) is 34.7. The molecule has 1 unspecified atom stereocenters. The van der Waals surface area contributed by atoms with Gasteiger partial charge < -0.3 is 25.0 Å². The van der Waals surface area contributed by atoms with E-state index in [2.05, 4.69) is 12.2 Å². The smallest absolute Gasteiger partial charge is 0.411 e. The first kappa shape index (κ1) is 28.4. The monoisotopic (exact) mass is 556 g/mol. The lowest BCUT2D eigenvalue weighted by molar-refractivity contribution is -0.186. The molecule has 0 radical (unpaired) electrons. The summed E-state index contributed by atoms with van der Waals surface area (Å²) in [6, 6.07) is 4.60. The summed E-state index contributed by atoms with van der Waals surface area (Å²) in [6.45, 7) is 4.43. The number of halogens is 2. The van der Waals surface area contributed by atoms with Gasteiger partial charge in [0.15, 0.2) is 0 Å². The molecule has 37 heavy (non-hydrogen) atoms. The van der Waals surface area contributed by atoms with Gasteiger partial charge in [0.05, 0.1) is 35.4 Å². The molecule has 0 bridgehead atoms. The fourth-order valence-electron chi connectivity index (χ4n) is 7.29. The van der Waals surface area contributed by atoms with Gasteiger partial charge in [0.25, 0.3) is 0 Å². The lowest BCUT2D eigenvalue weighted by Gasteiger charge is -2.60. The van der Waals surface area contributed by atoms with Crippen LogP contribution in [0.25, 0.3) is 0 Å². The molecule has 1 aromatic rings. The molecule has 10 heteroatoms. The lowest BCUT2D eigenvalue weighted by atomic mass is 9.46. The molecule has 7 atom stereocenters. The van der Waals surface area contributed by atoms with Crippen molar-refractivity contribution >= 4 is 40.9 Å². The van der Waals surface area contributed by atoms with Gasteiger partial charge in [-0.05, 0) is 74.0 Å². The van der Waals surface area contributed by atoms with Gasteiger partial charge >= 0.3 is 6.09 Å². The number of aliphatic hydroxyl groups is 3. The molecule has 2 saturated carbocycles. The van der Waals surface area contributed by atoms with Gasteiger partial charge in [-0.3, -0.25) is 10.1 Å². The highest BCUT2D eigenvalue weighted by molar-refractivity contribution is 6.42. The highest BCUT2D eigenvalue weighted by Gasteiger charge is 2.60. The Balaban J connectivity index is 1.50. The van der Waals surface area contributed by atoms with Crippen molar-refractivity contribution in [3.63, 3.8) is 0 Å². The fourth-order valence-corrected chi connectivity index (χ4v) is 7.59. The van der Waals surface area contributed by atoms with E-state index in [0.29, 0.717) is 48.0 Å². The van der Waals surface area contributed by atoms with Crippen molar-refractivity contribution in [2.75, 3.05) is 25.1 Å². The number of carbonyl (C=O) groups excluding carboxylic acids is 2. The van der Waals surface area contributed by atoms with E-state index in [0.717, 1.165) is 12.8 Å². The van der Waals surface area contributed by atoms with Crippen LogP contribution in [-0.2, 0) is 9.53 Å². The third-order valence-electron chi connectivity index (χ3n) is 9.39. The number of amides is 2. The van der Waals surface area contributed by atoms with Crippen molar-refractivity contribution in [3.8, 4) is 0 Å². The van der Waals surface area contributed by atoms with Crippen LogP contribution in [0.5, 0.6) is 0 Å². The van der Waals surface area contributed by atoms with Gasteiger partial charge in [0, 0.05) is 24.1 Å². The van der Waals surface area contributed by atoms with E-state index in [1.165, 1.54) is 0 Å². The Kier molecular flexibility index (Phi) is 8.65. The molecule has 2 amide bonds. The maximum absolute atomic E-state index is 13.3. The number of ether oxygens (including phenoxy) is 1. The van der Waals surface area contributed by atoms with Gasteiger partial charge in [-0.25, -0.2) is 4.79 Å². The van der Waals surface area contributed by atoms with E-state index in [4.69, 9.17) is 27.9 Å². The lowest BCUT2D eigenvalue weighted by Crippen LogP contribution is -2.61. The topological polar surface area (TPSA) is 119 Å². The molecular weight excluding hydrogens is 519 g/mol. The van der Waals surface area contributed by atoms with Crippen LogP contribution in [0, 0.1) is 22.7 Å². The molecule has 8 nitrogen and oxygen atoms in total. The molecule has 1 aliphatic heterocycles. The number of nitrogens with zero attached hydrogens (tertiary/aromatic N) is 1. The number of hydrogen-bond donors (Lipinski definition) is 4. The summed E-state index contributed by atoms with van der Waals surface area (Å²) in [5.74, 6) is -0.377. The number of rotatable bonds is 6. The van der Waals surface area contributed by atoms with Crippen LogP contribution < -0.4 is 5.32 Å². The molecule has 3 aliphatic rings. The predicted octanol–water partition coefficient (Wildman–Crippen LogP) is 4.47. The Morgan fingerprint density at radius 1 is 1.14 bits per heavy atom. The van der Waals surface area contributed by atoms with Gasteiger partial charge in [-0.15, -0.1) is 0 Å². The van der Waals surface area contributed by atoms with Gasteiger partial charge in [0.2, 0.25) is 5.91 Å². The first-order valence-electron chi connectivity index (χ1n) is 13.2. The summed E-state index contributed by atoms with van der Waals surface area (Å²) in [7, 11) is 0. The van der Waals surface area contributed by atoms with Crippen LogP contribution >= 0.6 is 23.2 Å². The van der Waals surface area contributed by atoms with Crippen molar-refractivity contribution in [3.05, 3.63) is 28.2 Å². The summed E-state index contributed by atoms with van der Waals surface area (Å²) in [5.41, 5.74) is -0.711. The van der Waals surface area contributed by atoms with Crippen LogP contribution in [0.4, 0.5) is 10.5 Å². The minimum atomic E-state index is -0.745. The zero-order chi connectivity index (χ0) is 27.0. The van der Waals surface area contributed by atoms with E-state index in [9.17, 15) is 24.9 Å². The second-order valence-electron chi connectivity index (χ2n) is 11.4. The number of fused-ring (bicyclic) bond motifs is 1. The summed E-state index contributed by atoms with van der Waals surface area (Å²) < 4.78 is 5.87. The molecule has 1 saturated heterocycles. The first-order chi connectivity index (χ1) is 17.5. The minimum Gasteiger partial charge on any atom is -0.445 e. The standard InChI is InChI=1S/C27H38Cl2N2O6/c1-26-10-9-23(37-25(36)30-16-5-6-19(28)20(29)12-16)27(2,15-33)22(26)8-7-21(34)18(26)13-24(35)31-11-3-4-17(31)14-32/h5-6,12,17-18,21-23,32-34H,3-4,7-11,13-15H2,1-2H3,(H,30,36)/t17-,18+,21+,22?,23+,26-,27-/m0/s1. The van der Waals surface area contributed by atoms with E-state index in [1.807, 2.05) is 6.92 Å². The Bertz CT molecular complexity index is 1010. The summed E-state index contributed by atoms with van der Waals surface area (Å²) in [6.07, 6.45) is 2.39. The molecule has 0 aromatic heterocycles. The SMILES string of the molecule is C[C@]1(CO)C2CC[C@@H](O)[C@@H](CC(=O)N3CCC[C@H]3CO)[C@]2(C)CC[C@H]1OC(=O)Nc1ccc(Cl)c(Cl)c1. The highest BCUT2D eigenvalue weighted by atomic mass is 35.5. The highest BCUT2D eigenvalue weighted by Crippen LogP contribution is 2.61. The zero-order valence-electron chi connectivity index (χ0n) is 21.5. The number of anilines is 1. The molecule has 2 aliphatic carbocycles. The largest absolute Gasteiger partial charge is 0.445 e. The first-order valence-corrected chi connectivity index (χ1v) is 13.9. The number of hydrogen-bond acceptors (Lipinski definition) is 6. The zero-order valence-corrected chi connectivity index (χ0v) is 23.0. The number of benzene rings is 1. The minimum absolute atomic E-state index is 0.0347. The third-order valence-corrected chi connectivity index (χ3v) is 10.1. The van der Waals surface area contributed by atoms with Gasteiger partial charge in [-0.2, -0.15) is 0 Å². The van der Waals surface area contributed by atoms with E-state index < -0.39 is 29.1 Å². The molecule has 3 fully saturated rings. The molecule has 0 spiro atoms. The van der Waals surface area contributed by atoms with Crippen LogP contribution in [0.1, 0.15) is 58.8 Å². The average Bonchev–Trinajstić information content (AvgIpc) is 3.35. The van der Waals surface area contributed by atoms with Crippen molar-refractivity contribution in [1.82, 2.24) is 4.90 Å². The Labute approximate surface area is 228 Å². The van der Waals surface area contributed by atoms with E-state index >= 15 is 0 Å². The average molecular weight is 558 g/mol. The van der Waals surface area contributed by atoms with Crippen molar-refractivity contribution in [1.29, 1.82) is 0 Å². The quantitative estimate of drug-likeness (QED) is 0.410. The van der Waals surface area contributed by atoms with Crippen LogP contribution in [0.2, 0.25) is 10.0 Å². The molecule has 206 valence electrons. The molecule has 1 heterocycles. The second kappa shape index (κ2) is 11.3. The number of carbonyl (C=O) groups is 2. The Morgan fingerprint density at radius 3 is 2.57 bits per heavy atom.